The number of alkyl halides is 2. The highest BCUT2D eigenvalue weighted by Gasteiger charge is 2.35. The molecule has 4 heteroatoms. The van der Waals surface area contributed by atoms with Crippen molar-refractivity contribution in [3.63, 3.8) is 0 Å². The lowest BCUT2D eigenvalue weighted by molar-refractivity contribution is -0.0473. The molecule has 2 nitrogen and oxygen atoms in total. The van der Waals surface area contributed by atoms with Crippen molar-refractivity contribution < 1.29 is 13.9 Å². The van der Waals surface area contributed by atoms with Crippen LogP contribution in [0.2, 0.25) is 0 Å². The lowest BCUT2D eigenvalue weighted by atomic mass is 9.98. The topological polar surface area (TPSA) is 32.3 Å². The number of aliphatic hydroxyl groups is 1. The van der Waals surface area contributed by atoms with Gasteiger partial charge < -0.3 is 10.4 Å². The van der Waals surface area contributed by atoms with Crippen molar-refractivity contribution in [3.05, 3.63) is 0 Å². The molecule has 0 spiro atoms. The second-order valence-corrected chi connectivity index (χ2v) is 2.74. The van der Waals surface area contributed by atoms with Crippen molar-refractivity contribution >= 4 is 0 Å². The smallest absolute Gasteiger partial charge is 0.260 e. The lowest BCUT2D eigenvalue weighted by Gasteiger charge is -2.28. The number of hydrogen-bond donors (Lipinski definition) is 2. The Morgan fingerprint density at radius 1 is 1.60 bits per heavy atom. The van der Waals surface area contributed by atoms with E-state index in [1.807, 2.05) is 0 Å². The number of hydrogen-bond acceptors (Lipinski definition) is 2. The monoisotopic (exact) mass is 151 g/mol. The van der Waals surface area contributed by atoms with Gasteiger partial charge in [-0.15, -0.1) is 0 Å². The minimum absolute atomic E-state index is 0.150. The van der Waals surface area contributed by atoms with Gasteiger partial charge in [0.25, 0.3) is 5.92 Å². The van der Waals surface area contributed by atoms with Crippen molar-refractivity contribution in [3.8, 4) is 0 Å². The van der Waals surface area contributed by atoms with Crippen molar-refractivity contribution in [2.24, 2.45) is 5.92 Å². The Hall–Kier alpha value is -0.220. The summed E-state index contributed by atoms with van der Waals surface area (Å²) in [6, 6.07) is 0. The van der Waals surface area contributed by atoms with Crippen LogP contribution in [0.1, 0.15) is 6.42 Å². The first-order valence-corrected chi connectivity index (χ1v) is 3.33. The summed E-state index contributed by atoms with van der Waals surface area (Å²) < 4.78 is 24.9. The first kappa shape index (κ1) is 7.88. The zero-order chi connectivity index (χ0) is 7.61. The Morgan fingerprint density at radius 3 is 2.70 bits per heavy atom. The summed E-state index contributed by atoms with van der Waals surface area (Å²) in [4.78, 5) is 0. The molecule has 0 saturated carbocycles. The predicted molar refractivity (Wildman–Crippen MR) is 33.0 cm³/mol. The molecule has 1 heterocycles. The Bertz CT molecular complexity index is 118. The van der Waals surface area contributed by atoms with Crippen LogP contribution in [0, 0.1) is 5.92 Å². The van der Waals surface area contributed by atoms with E-state index in [2.05, 4.69) is 5.32 Å². The Morgan fingerprint density at radius 2 is 2.30 bits per heavy atom. The van der Waals surface area contributed by atoms with E-state index in [-0.39, 0.29) is 25.5 Å². The van der Waals surface area contributed by atoms with Gasteiger partial charge in [0.1, 0.15) is 0 Å². The maximum Gasteiger partial charge on any atom is 0.260 e. The van der Waals surface area contributed by atoms with Crippen LogP contribution in [0.3, 0.4) is 0 Å². The van der Waals surface area contributed by atoms with Crippen LogP contribution in [0.4, 0.5) is 8.78 Å². The standard InChI is InChI=1S/C6H11F2NO/c7-6(8)1-5(3-10)2-9-4-6/h5,9-10H,1-4H2. The third-order valence-corrected chi connectivity index (χ3v) is 1.66. The molecular weight excluding hydrogens is 140 g/mol. The van der Waals surface area contributed by atoms with Gasteiger partial charge in [-0.1, -0.05) is 0 Å². The second-order valence-electron chi connectivity index (χ2n) is 2.74. The zero-order valence-corrected chi connectivity index (χ0v) is 5.61. The molecule has 0 radical (unpaired) electrons. The second kappa shape index (κ2) is 2.80. The van der Waals surface area contributed by atoms with Crippen LogP contribution in [0.5, 0.6) is 0 Å². The number of nitrogens with one attached hydrogen (secondary N) is 1. The average molecular weight is 151 g/mol. The van der Waals surface area contributed by atoms with E-state index in [1.165, 1.54) is 0 Å². The first-order valence-electron chi connectivity index (χ1n) is 3.33. The number of aliphatic hydroxyl groups excluding tert-OH is 1. The van der Waals surface area contributed by atoms with Gasteiger partial charge in [-0.25, -0.2) is 8.78 Å². The third kappa shape index (κ3) is 1.88. The summed E-state index contributed by atoms with van der Waals surface area (Å²) in [5.74, 6) is -2.89. The fourth-order valence-electron chi connectivity index (χ4n) is 1.15. The highest BCUT2D eigenvalue weighted by molar-refractivity contribution is 4.80. The van der Waals surface area contributed by atoms with Gasteiger partial charge in [0.05, 0.1) is 6.54 Å². The summed E-state index contributed by atoms with van der Waals surface area (Å²) >= 11 is 0. The molecule has 1 rings (SSSR count). The van der Waals surface area contributed by atoms with E-state index in [1.54, 1.807) is 0 Å². The minimum Gasteiger partial charge on any atom is -0.396 e. The first-order chi connectivity index (χ1) is 4.64. The van der Waals surface area contributed by atoms with E-state index in [4.69, 9.17) is 5.11 Å². The Balaban J connectivity index is 2.40. The molecule has 0 amide bonds. The van der Waals surface area contributed by atoms with Crippen molar-refractivity contribution in [1.29, 1.82) is 0 Å². The highest BCUT2D eigenvalue weighted by atomic mass is 19.3. The molecule has 2 N–H and O–H groups in total. The lowest BCUT2D eigenvalue weighted by Crippen LogP contribution is -2.44. The molecule has 0 aromatic rings. The molecule has 60 valence electrons. The molecule has 1 aliphatic rings. The maximum absolute atomic E-state index is 12.5. The molecule has 0 aromatic heterocycles. The van der Waals surface area contributed by atoms with Gasteiger partial charge in [-0.2, -0.15) is 0 Å². The van der Waals surface area contributed by atoms with E-state index < -0.39 is 5.92 Å². The van der Waals surface area contributed by atoms with Crippen LogP contribution >= 0.6 is 0 Å². The zero-order valence-electron chi connectivity index (χ0n) is 5.61. The van der Waals surface area contributed by atoms with Gasteiger partial charge >= 0.3 is 0 Å². The van der Waals surface area contributed by atoms with E-state index in [9.17, 15) is 8.78 Å². The average Bonchev–Trinajstić information content (AvgIpc) is 1.86. The van der Waals surface area contributed by atoms with Crippen molar-refractivity contribution in [2.75, 3.05) is 19.7 Å². The summed E-state index contributed by atoms with van der Waals surface area (Å²) in [6.45, 7) is 0.109. The van der Waals surface area contributed by atoms with E-state index in [0.717, 1.165) is 0 Å². The minimum atomic E-state index is -2.62. The number of rotatable bonds is 1. The summed E-state index contributed by atoms with van der Waals surface area (Å²) in [5, 5.41) is 11.1. The fourth-order valence-corrected chi connectivity index (χ4v) is 1.15. The fraction of sp³-hybridized carbons (Fsp3) is 1.00. The Kier molecular flexibility index (Phi) is 2.21. The molecule has 1 saturated heterocycles. The van der Waals surface area contributed by atoms with Crippen LogP contribution in [-0.2, 0) is 0 Å². The molecule has 0 bridgehead atoms. The quantitative estimate of drug-likeness (QED) is 0.562. The predicted octanol–water partition coefficient (Wildman–Crippen LogP) is 0.224. The van der Waals surface area contributed by atoms with Crippen molar-refractivity contribution in [1.82, 2.24) is 5.32 Å². The third-order valence-electron chi connectivity index (χ3n) is 1.66. The number of halogens is 2. The van der Waals surface area contributed by atoms with Crippen LogP contribution in [-0.4, -0.2) is 30.7 Å². The molecule has 0 aliphatic carbocycles. The molecule has 1 unspecified atom stereocenters. The highest BCUT2D eigenvalue weighted by Crippen LogP contribution is 2.25. The number of piperidine rings is 1. The van der Waals surface area contributed by atoms with E-state index in [0.29, 0.717) is 6.54 Å². The van der Waals surface area contributed by atoms with Gasteiger partial charge in [0, 0.05) is 25.5 Å². The molecule has 0 aromatic carbocycles. The summed E-state index contributed by atoms with van der Waals surface area (Å²) in [7, 11) is 0. The molecule has 1 atom stereocenters. The largest absolute Gasteiger partial charge is 0.396 e. The van der Waals surface area contributed by atoms with E-state index >= 15 is 0 Å². The molecule has 1 fully saturated rings. The van der Waals surface area contributed by atoms with Gasteiger partial charge in [-0.05, 0) is 0 Å². The molecule has 1 aliphatic heterocycles. The van der Waals surface area contributed by atoms with Gasteiger partial charge in [0.15, 0.2) is 0 Å². The van der Waals surface area contributed by atoms with Crippen LogP contribution in [0.15, 0.2) is 0 Å². The normalized spacial score (nSPS) is 32.1. The summed E-state index contributed by atoms with van der Waals surface area (Å²) in [6.07, 6.45) is -0.184. The van der Waals surface area contributed by atoms with Crippen LogP contribution in [0.25, 0.3) is 0 Å². The molecular formula is C6H11F2NO. The van der Waals surface area contributed by atoms with Gasteiger partial charge in [0.2, 0.25) is 0 Å². The van der Waals surface area contributed by atoms with Gasteiger partial charge in [-0.3, -0.25) is 0 Å². The molecule has 10 heavy (non-hydrogen) atoms. The maximum atomic E-state index is 12.5. The van der Waals surface area contributed by atoms with Crippen LogP contribution < -0.4 is 5.32 Å². The Labute approximate surface area is 58.2 Å². The van der Waals surface area contributed by atoms with Crippen molar-refractivity contribution in [2.45, 2.75) is 12.3 Å². The summed E-state index contributed by atoms with van der Waals surface area (Å²) in [5.41, 5.74) is 0. The SMILES string of the molecule is OCC1CNCC(F)(F)C1.